The molecule has 0 unspecified atom stereocenters. The van der Waals surface area contributed by atoms with Gasteiger partial charge in [-0.25, -0.2) is 0 Å². The lowest BCUT2D eigenvalue weighted by Gasteiger charge is -2.01. The summed E-state index contributed by atoms with van der Waals surface area (Å²) in [5.41, 5.74) is 5.98. The van der Waals surface area contributed by atoms with Gasteiger partial charge in [0.1, 0.15) is 0 Å². The van der Waals surface area contributed by atoms with Crippen molar-refractivity contribution in [1.82, 2.24) is 0 Å². The Morgan fingerprint density at radius 1 is 1.57 bits per heavy atom. The minimum Gasteiger partial charge on any atom is -0.325 e. The van der Waals surface area contributed by atoms with E-state index in [0.717, 1.165) is 11.8 Å². The Labute approximate surface area is 52.4 Å². The summed E-state index contributed by atoms with van der Waals surface area (Å²) in [6.45, 7) is 0. The van der Waals surface area contributed by atoms with Crippen molar-refractivity contribution in [2.24, 2.45) is 5.73 Å². The highest BCUT2D eigenvalue weighted by Crippen LogP contribution is 2.35. The van der Waals surface area contributed by atoms with Gasteiger partial charge in [0.25, 0.3) is 0 Å². The standard InChI is InChI=1S/C5H10BrN/c6-4-3-5(7)1-2-5/h1-4,7H2. The van der Waals surface area contributed by atoms with Gasteiger partial charge in [-0.3, -0.25) is 0 Å². The van der Waals surface area contributed by atoms with Crippen molar-refractivity contribution in [2.75, 3.05) is 5.33 Å². The highest BCUT2D eigenvalue weighted by molar-refractivity contribution is 9.09. The third-order valence-corrected chi connectivity index (χ3v) is 1.88. The van der Waals surface area contributed by atoms with Crippen molar-refractivity contribution < 1.29 is 0 Å². The lowest BCUT2D eigenvalue weighted by atomic mass is 10.2. The fraction of sp³-hybridized carbons (Fsp3) is 1.00. The molecule has 7 heavy (non-hydrogen) atoms. The molecule has 1 aliphatic rings. The largest absolute Gasteiger partial charge is 0.325 e. The van der Waals surface area contributed by atoms with E-state index in [1.165, 1.54) is 12.8 Å². The number of hydrogen-bond donors (Lipinski definition) is 1. The van der Waals surface area contributed by atoms with Crippen LogP contribution in [0.4, 0.5) is 0 Å². The first kappa shape index (κ1) is 5.57. The Hall–Kier alpha value is 0.440. The molecular weight excluding hydrogens is 154 g/mol. The first-order chi connectivity index (χ1) is 3.27. The minimum atomic E-state index is 0.253. The summed E-state index contributed by atoms with van der Waals surface area (Å²) in [5.74, 6) is 0. The van der Waals surface area contributed by atoms with E-state index in [4.69, 9.17) is 5.73 Å². The van der Waals surface area contributed by atoms with Crippen LogP contribution in [0.1, 0.15) is 19.3 Å². The van der Waals surface area contributed by atoms with Crippen molar-refractivity contribution in [2.45, 2.75) is 24.8 Å². The van der Waals surface area contributed by atoms with Gasteiger partial charge in [-0.05, 0) is 19.3 Å². The first-order valence-corrected chi connectivity index (χ1v) is 3.74. The van der Waals surface area contributed by atoms with E-state index in [1.807, 2.05) is 0 Å². The Morgan fingerprint density at radius 3 is 2.29 bits per heavy atom. The second kappa shape index (κ2) is 1.75. The minimum absolute atomic E-state index is 0.253. The molecule has 0 spiro atoms. The summed E-state index contributed by atoms with van der Waals surface area (Å²) in [6.07, 6.45) is 3.62. The van der Waals surface area contributed by atoms with Gasteiger partial charge in [0, 0.05) is 10.9 Å². The van der Waals surface area contributed by atoms with Crippen molar-refractivity contribution in [3.8, 4) is 0 Å². The summed E-state index contributed by atoms with van der Waals surface area (Å²) >= 11 is 3.35. The summed E-state index contributed by atoms with van der Waals surface area (Å²) in [7, 11) is 0. The molecule has 0 atom stereocenters. The van der Waals surface area contributed by atoms with Gasteiger partial charge >= 0.3 is 0 Å². The van der Waals surface area contributed by atoms with Crippen LogP contribution in [0.25, 0.3) is 0 Å². The highest BCUT2D eigenvalue weighted by Gasteiger charge is 2.36. The predicted octanol–water partition coefficient (Wildman–Crippen LogP) is 1.26. The van der Waals surface area contributed by atoms with Gasteiger partial charge in [0.2, 0.25) is 0 Å². The molecule has 0 aromatic carbocycles. The smallest absolute Gasteiger partial charge is 0.0163 e. The van der Waals surface area contributed by atoms with Crippen molar-refractivity contribution in [1.29, 1.82) is 0 Å². The molecule has 0 aromatic heterocycles. The predicted molar refractivity (Wildman–Crippen MR) is 34.6 cm³/mol. The van der Waals surface area contributed by atoms with Gasteiger partial charge in [-0.1, -0.05) is 15.9 Å². The van der Waals surface area contributed by atoms with E-state index in [-0.39, 0.29) is 5.54 Å². The van der Waals surface area contributed by atoms with Gasteiger partial charge in [-0.15, -0.1) is 0 Å². The van der Waals surface area contributed by atoms with E-state index in [9.17, 15) is 0 Å². The molecule has 1 fully saturated rings. The van der Waals surface area contributed by atoms with Crippen LogP contribution in [-0.2, 0) is 0 Å². The summed E-state index contributed by atoms with van der Waals surface area (Å²) in [5, 5.41) is 1.06. The average molecular weight is 164 g/mol. The zero-order valence-electron chi connectivity index (χ0n) is 4.28. The van der Waals surface area contributed by atoms with Crippen LogP contribution in [0, 0.1) is 0 Å². The Morgan fingerprint density at radius 2 is 2.14 bits per heavy atom. The van der Waals surface area contributed by atoms with Crippen LogP contribution < -0.4 is 5.73 Å². The Balaban J connectivity index is 2.13. The van der Waals surface area contributed by atoms with Crippen molar-refractivity contribution in [3.05, 3.63) is 0 Å². The van der Waals surface area contributed by atoms with E-state index < -0.39 is 0 Å². The zero-order valence-corrected chi connectivity index (χ0v) is 5.87. The van der Waals surface area contributed by atoms with E-state index >= 15 is 0 Å². The van der Waals surface area contributed by atoms with Gasteiger partial charge in [0.05, 0.1) is 0 Å². The number of nitrogens with two attached hydrogens (primary N) is 1. The molecule has 0 aromatic rings. The molecule has 2 heteroatoms. The Bertz CT molecular complexity index is 68.5. The first-order valence-electron chi connectivity index (χ1n) is 2.62. The van der Waals surface area contributed by atoms with Gasteiger partial charge < -0.3 is 5.73 Å². The quantitative estimate of drug-likeness (QED) is 0.611. The molecule has 2 N–H and O–H groups in total. The number of rotatable bonds is 2. The summed E-state index contributed by atoms with van der Waals surface area (Å²) in [4.78, 5) is 0. The second-order valence-electron chi connectivity index (χ2n) is 2.30. The van der Waals surface area contributed by atoms with Crippen molar-refractivity contribution >= 4 is 15.9 Å². The third-order valence-electron chi connectivity index (χ3n) is 1.48. The molecule has 0 saturated heterocycles. The fourth-order valence-electron chi connectivity index (χ4n) is 0.599. The molecule has 0 heterocycles. The van der Waals surface area contributed by atoms with Crippen LogP contribution in [0.5, 0.6) is 0 Å². The molecule has 1 nitrogen and oxygen atoms in total. The summed E-state index contributed by atoms with van der Waals surface area (Å²) < 4.78 is 0. The fourth-order valence-corrected chi connectivity index (χ4v) is 1.39. The lowest BCUT2D eigenvalue weighted by Crippen LogP contribution is -2.21. The maximum atomic E-state index is 5.73. The molecule has 42 valence electrons. The van der Waals surface area contributed by atoms with Crippen molar-refractivity contribution in [3.63, 3.8) is 0 Å². The van der Waals surface area contributed by atoms with Gasteiger partial charge in [-0.2, -0.15) is 0 Å². The maximum Gasteiger partial charge on any atom is 0.0163 e. The SMILES string of the molecule is NC1(CCBr)CC1. The number of hydrogen-bond acceptors (Lipinski definition) is 1. The molecular formula is C5H10BrN. The van der Waals surface area contributed by atoms with E-state index in [1.54, 1.807) is 0 Å². The monoisotopic (exact) mass is 163 g/mol. The van der Waals surface area contributed by atoms with Crippen LogP contribution in [0.2, 0.25) is 0 Å². The van der Waals surface area contributed by atoms with Crippen LogP contribution in [0.15, 0.2) is 0 Å². The number of alkyl halides is 1. The lowest BCUT2D eigenvalue weighted by molar-refractivity contribution is 0.659. The maximum absolute atomic E-state index is 5.73. The zero-order chi connectivity index (χ0) is 5.33. The van der Waals surface area contributed by atoms with Crippen LogP contribution in [0.3, 0.4) is 0 Å². The van der Waals surface area contributed by atoms with Crippen LogP contribution >= 0.6 is 15.9 Å². The molecule has 0 amide bonds. The third kappa shape index (κ3) is 1.42. The number of halogens is 1. The molecule has 0 bridgehead atoms. The average Bonchev–Trinajstić information content (AvgIpc) is 2.22. The summed E-state index contributed by atoms with van der Waals surface area (Å²) in [6, 6.07) is 0. The molecule has 1 aliphatic carbocycles. The van der Waals surface area contributed by atoms with E-state index in [0.29, 0.717) is 0 Å². The Kier molecular flexibility index (Phi) is 1.39. The molecule has 0 aliphatic heterocycles. The van der Waals surface area contributed by atoms with E-state index in [2.05, 4.69) is 15.9 Å². The van der Waals surface area contributed by atoms with Crippen LogP contribution in [-0.4, -0.2) is 10.9 Å². The highest BCUT2D eigenvalue weighted by atomic mass is 79.9. The van der Waals surface area contributed by atoms with Gasteiger partial charge in [0.15, 0.2) is 0 Å². The normalized spacial score (nSPS) is 24.9. The topological polar surface area (TPSA) is 26.0 Å². The molecule has 1 rings (SSSR count). The molecule has 0 radical (unpaired) electrons. The second-order valence-corrected chi connectivity index (χ2v) is 3.09. The molecule has 1 saturated carbocycles.